The first-order valence-corrected chi connectivity index (χ1v) is 10.9. The summed E-state index contributed by atoms with van der Waals surface area (Å²) in [5.74, 6) is -0.180. The van der Waals surface area contributed by atoms with E-state index in [4.69, 9.17) is 4.74 Å². The number of carbonyl (C=O) groups is 1. The molecule has 0 spiro atoms. The third-order valence-corrected chi connectivity index (χ3v) is 6.09. The van der Waals surface area contributed by atoms with Crippen molar-refractivity contribution in [2.75, 3.05) is 7.11 Å². The van der Waals surface area contributed by atoms with Crippen LogP contribution in [0, 0.1) is 6.92 Å². The zero-order valence-electron chi connectivity index (χ0n) is 18.4. The van der Waals surface area contributed by atoms with Gasteiger partial charge in [-0.2, -0.15) is 0 Å². The summed E-state index contributed by atoms with van der Waals surface area (Å²) in [6, 6.07) is 18.0. The molecule has 0 amide bonds. The number of aromatic hydroxyl groups is 1. The van der Waals surface area contributed by atoms with Crippen molar-refractivity contribution in [1.82, 2.24) is 4.57 Å². The number of hydrogen-bond acceptors (Lipinski definition) is 3. The normalized spacial score (nSPS) is 11.3. The van der Waals surface area contributed by atoms with E-state index in [9.17, 15) is 9.90 Å². The molecule has 160 valence electrons. The molecule has 0 aliphatic carbocycles. The van der Waals surface area contributed by atoms with Crippen molar-refractivity contribution >= 4 is 27.8 Å². The van der Waals surface area contributed by atoms with Crippen LogP contribution in [0.2, 0.25) is 0 Å². The second-order valence-corrected chi connectivity index (χ2v) is 8.17. The number of phenols is 1. The molecule has 0 atom stereocenters. The molecule has 0 saturated heterocycles. The molecule has 0 saturated carbocycles. The Morgan fingerprint density at radius 2 is 1.81 bits per heavy atom. The molecule has 0 bridgehead atoms. The fraction of sp³-hybridized carbons (Fsp3) is 0.296. The number of aromatic nitrogens is 1. The number of ether oxygens (including phenoxy) is 1. The Labute approximate surface area is 183 Å². The number of esters is 1. The standard InChI is InChI=1S/C27H29NO3/c1-4-5-6-11-19-15-23-26(24(29)16-19)25-21(27(30)31-3)13-9-14-22(25)28(23)17-20-12-8-7-10-18(20)2/h7-10,12-16,29H,4-6,11,17H2,1-3H3. The van der Waals surface area contributed by atoms with Gasteiger partial charge in [0.1, 0.15) is 5.75 Å². The number of unbranched alkanes of at least 4 members (excludes halogenated alkanes) is 2. The number of nitrogens with zero attached hydrogens (tertiary/aromatic N) is 1. The molecule has 1 N–H and O–H groups in total. The Kier molecular flexibility index (Phi) is 5.99. The predicted octanol–water partition coefficient (Wildman–Crippen LogP) is 6.38. The van der Waals surface area contributed by atoms with Crippen molar-refractivity contribution in [3.8, 4) is 5.75 Å². The van der Waals surface area contributed by atoms with E-state index in [1.165, 1.54) is 18.2 Å². The van der Waals surface area contributed by atoms with E-state index in [1.54, 1.807) is 6.07 Å². The number of hydrogen-bond donors (Lipinski definition) is 1. The van der Waals surface area contributed by atoms with Gasteiger partial charge in [-0.05, 0) is 60.7 Å². The largest absolute Gasteiger partial charge is 0.507 e. The summed E-state index contributed by atoms with van der Waals surface area (Å²) in [7, 11) is 1.39. The van der Waals surface area contributed by atoms with Crippen LogP contribution in [0.15, 0.2) is 54.6 Å². The molecule has 0 fully saturated rings. The van der Waals surface area contributed by atoms with Gasteiger partial charge in [-0.15, -0.1) is 0 Å². The van der Waals surface area contributed by atoms with Crippen molar-refractivity contribution in [2.45, 2.75) is 46.1 Å². The van der Waals surface area contributed by atoms with Gasteiger partial charge in [0.25, 0.3) is 0 Å². The van der Waals surface area contributed by atoms with E-state index in [-0.39, 0.29) is 5.75 Å². The number of phenolic OH excluding ortho intramolecular Hbond substituents is 1. The monoisotopic (exact) mass is 415 g/mol. The Morgan fingerprint density at radius 1 is 1.00 bits per heavy atom. The number of aryl methyl sites for hydroxylation is 2. The van der Waals surface area contributed by atoms with Crippen molar-refractivity contribution in [3.05, 3.63) is 76.9 Å². The fourth-order valence-corrected chi connectivity index (χ4v) is 4.43. The molecular formula is C27H29NO3. The van der Waals surface area contributed by atoms with Gasteiger partial charge in [0.05, 0.1) is 29.1 Å². The van der Waals surface area contributed by atoms with Crippen LogP contribution in [0.4, 0.5) is 0 Å². The fourth-order valence-electron chi connectivity index (χ4n) is 4.43. The average molecular weight is 416 g/mol. The Morgan fingerprint density at radius 3 is 2.55 bits per heavy atom. The van der Waals surface area contributed by atoms with Crippen LogP contribution >= 0.6 is 0 Å². The van der Waals surface area contributed by atoms with E-state index in [0.717, 1.165) is 47.7 Å². The second kappa shape index (κ2) is 8.84. The molecule has 1 heterocycles. The molecule has 3 aromatic carbocycles. The minimum atomic E-state index is -0.396. The topological polar surface area (TPSA) is 51.5 Å². The number of fused-ring (bicyclic) bond motifs is 3. The lowest BCUT2D eigenvalue weighted by Crippen LogP contribution is -2.03. The van der Waals surface area contributed by atoms with Crippen LogP contribution in [0.25, 0.3) is 21.8 Å². The third kappa shape index (κ3) is 3.90. The van der Waals surface area contributed by atoms with E-state index >= 15 is 0 Å². The second-order valence-electron chi connectivity index (χ2n) is 8.17. The van der Waals surface area contributed by atoms with Crippen LogP contribution in [-0.4, -0.2) is 22.8 Å². The zero-order chi connectivity index (χ0) is 22.0. The lowest BCUT2D eigenvalue weighted by molar-refractivity contribution is 0.0603. The lowest BCUT2D eigenvalue weighted by Gasteiger charge is -2.11. The molecule has 0 unspecified atom stereocenters. The van der Waals surface area contributed by atoms with Crippen molar-refractivity contribution in [3.63, 3.8) is 0 Å². The summed E-state index contributed by atoms with van der Waals surface area (Å²) < 4.78 is 7.25. The van der Waals surface area contributed by atoms with Crippen LogP contribution in [-0.2, 0) is 17.7 Å². The maximum Gasteiger partial charge on any atom is 0.338 e. The van der Waals surface area contributed by atoms with Gasteiger partial charge in [0, 0.05) is 11.9 Å². The quantitative estimate of drug-likeness (QED) is 0.282. The molecule has 4 nitrogen and oxygen atoms in total. The summed E-state index contributed by atoms with van der Waals surface area (Å²) >= 11 is 0. The summed E-state index contributed by atoms with van der Waals surface area (Å²) in [5.41, 5.74) is 5.88. The molecule has 0 radical (unpaired) electrons. The number of benzene rings is 3. The van der Waals surface area contributed by atoms with E-state index in [0.29, 0.717) is 17.5 Å². The van der Waals surface area contributed by atoms with Gasteiger partial charge < -0.3 is 14.4 Å². The van der Waals surface area contributed by atoms with Gasteiger partial charge >= 0.3 is 5.97 Å². The maximum atomic E-state index is 12.5. The zero-order valence-corrected chi connectivity index (χ0v) is 18.4. The lowest BCUT2D eigenvalue weighted by atomic mass is 10.0. The number of rotatable bonds is 7. The molecule has 31 heavy (non-hydrogen) atoms. The highest BCUT2D eigenvalue weighted by Gasteiger charge is 2.21. The summed E-state index contributed by atoms with van der Waals surface area (Å²) in [4.78, 5) is 12.5. The van der Waals surface area contributed by atoms with Gasteiger partial charge in [0.15, 0.2) is 0 Å². The van der Waals surface area contributed by atoms with Gasteiger partial charge in [-0.25, -0.2) is 4.79 Å². The van der Waals surface area contributed by atoms with E-state index in [2.05, 4.69) is 36.6 Å². The van der Waals surface area contributed by atoms with E-state index < -0.39 is 5.97 Å². The van der Waals surface area contributed by atoms with Crippen LogP contribution in [0.1, 0.15) is 53.2 Å². The smallest absolute Gasteiger partial charge is 0.338 e. The number of carbonyl (C=O) groups excluding carboxylic acids is 1. The highest BCUT2D eigenvalue weighted by molar-refractivity contribution is 6.19. The summed E-state index contributed by atoms with van der Waals surface area (Å²) in [5, 5.41) is 12.5. The van der Waals surface area contributed by atoms with Gasteiger partial charge in [-0.1, -0.05) is 50.1 Å². The first-order chi connectivity index (χ1) is 15.0. The van der Waals surface area contributed by atoms with Crippen LogP contribution in [0.3, 0.4) is 0 Å². The average Bonchev–Trinajstić information content (AvgIpc) is 3.09. The molecule has 4 aromatic rings. The Bertz CT molecular complexity index is 1250. The molecule has 0 aliphatic heterocycles. The van der Waals surface area contributed by atoms with E-state index in [1.807, 2.05) is 30.3 Å². The minimum Gasteiger partial charge on any atom is -0.507 e. The van der Waals surface area contributed by atoms with Gasteiger partial charge in [0.2, 0.25) is 0 Å². The molecule has 4 rings (SSSR count). The first kappa shape index (κ1) is 21.0. The van der Waals surface area contributed by atoms with Crippen molar-refractivity contribution < 1.29 is 14.6 Å². The minimum absolute atomic E-state index is 0.217. The van der Waals surface area contributed by atoms with Crippen molar-refractivity contribution in [2.24, 2.45) is 0 Å². The molecule has 4 heteroatoms. The molecular weight excluding hydrogens is 386 g/mol. The molecule has 1 aromatic heterocycles. The Hall–Kier alpha value is -3.27. The first-order valence-electron chi connectivity index (χ1n) is 10.9. The molecule has 0 aliphatic rings. The highest BCUT2D eigenvalue weighted by Crippen LogP contribution is 2.39. The predicted molar refractivity (Wildman–Crippen MR) is 126 cm³/mol. The summed E-state index contributed by atoms with van der Waals surface area (Å²) in [6.45, 7) is 4.96. The third-order valence-electron chi connectivity index (χ3n) is 6.09. The number of methoxy groups -OCH3 is 1. The van der Waals surface area contributed by atoms with Crippen LogP contribution in [0.5, 0.6) is 5.75 Å². The SMILES string of the molecule is CCCCCc1cc(O)c2c3c(C(=O)OC)cccc3n(Cc3ccccc3C)c2c1. The highest BCUT2D eigenvalue weighted by atomic mass is 16.5. The summed E-state index contributed by atoms with van der Waals surface area (Å²) in [6.07, 6.45) is 4.34. The van der Waals surface area contributed by atoms with Gasteiger partial charge in [-0.3, -0.25) is 0 Å². The Balaban J connectivity index is 1.99. The van der Waals surface area contributed by atoms with Crippen molar-refractivity contribution in [1.29, 1.82) is 0 Å². The maximum absolute atomic E-state index is 12.5. The van der Waals surface area contributed by atoms with Crippen LogP contribution < -0.4 is 0 Å².